The molecule has 2 saturated heterocycles. The number of hydrogen-bond donors (Lipinski definition) is 1. The summed E-state index contributed by atoms with van der Waals surface area (Å²) in [6.07, 6.45) is 1.54. The molecule has 0 aliphatic carbocycles. The molecule has 0 unspecified atom stereocenters. The van der Waals surface area contributed by atoms with Gasteiger partial charge in [-0.3, -0.25) is 14.5 Å². The van der Waals surface area contributed by atoms with Crippen molar-refractivity contribution < 1.29 is 19.4 Å². The number of Topliss-reactive ketones (excluding diaryl/α,β-unsaturated/α-hetero) is 1. The molecular formula is C27H27BrN4O4. The number of aliphatic hydroxyl groups is 1. The molecule has 3 heterocycles. The van der Waals surface area contributed by atoms with Gasteiger partial charge in [0.05, 0.1) is 48.0 Å². The fraction of sp³-hybridized carbons (Fsp3) is 0.296. The van der Waals surface area contributed by atoms with Crippen LogP contribution >= 0.6 is 15.9 Å². The lowest BCUT2D eigenvalue weighted by Crippen LogP contribution is -2.42. The zero-order valence-corrected chi connectivity index (χ0v) is 21.5. The normalized spacial score (nSPS) is 20.3. The van der Waals surface area contributed by atoms with Gasteiger partial charge in [-0.05, 0) is 36.8 Å². The van der Waals surface area contributed by atoms with Crippen molar-refractivity contribution in [1.29, 1.82) is 0 Å². The van der Waals surface area contributed by atoms with Crippen LogP contribution in [0.25, 0.3) is 11.4 Å². The van der Waals surface area contributed by atoms with Gasteiger partial charge < -0.3 is 14.7 Å². The zero-order valence-electron chi connectivity index (χ0n) is 19.9. The molecule has 0 spiro atoms. The third-order valence-corrected chi connectivity index (χ3v) is 7.22. The van der Waals surface area contributed by atoms with Gasteiger partial charge in [-0.25, -0.2) is 4.68 Å². The van der Waals surface area contributed by atoms with Gasteiger partial charge in [0.15, 0.2) is 0 Å². The Kier molecular flexibility index (Phi) is 7.04. The van der Waals surface area contributed by atoms with Crippen molar-refractivity contribution in [3.8, 4) is 5.69 Å². The number of morpholine rings is 1. The molecule has 1 N–H and O–H groups in total. The second kappa shape index (κ2) is 10.4. The molecule has 9 heteroatoms. The SMILES string of the molecule is Cc1c(C(O)=C2C(=O)C(=O)N(CCN3CCOCC3)[C@@H]2c2cccc(Br)c2)cnn1-c1ccccc1. The minimum Gasteiger partial charge on any atom is -0.507 e. The Morgan fingerprint density at radius 3 is 2.56 bits per heavy atom. The number of amides is 1. The summed E-state index contributed by atoms with van der Waals surface area (Å²) in [5.74, 6) is -1.51. The summed E-state index contributed by atoms with van der Waals surface area (Å²) in [5.41, 5.74) is 2.76. The molecular weight excluding hydrogens is 524 g/mol. The molecule has 5 rings (SSSR count). The monoisotopic (exact) mass is 550 g/mol. The van der Waals surface area contributed by atoms with Crippen LogP contribution in [0.5, 0.6) is 0 Å². The van der Waals surface area contributed by atoms with E-state index in [1.807, 2.05) is 61.5 Å². The summed E-state index contributed by atoms with van der Waals surface area (Å²) in [4.78, 5) is 30.4. The number of nitrogens with zero attached hydrogens (tertiary/aromatic N) is 4. The highest BCUT2D eigenvalue weighted by atomic mass is 79.9. The number of likely N-dealkylation sites (tertiary alicyclic amines) is 1. The number of aliphatic hydroxyl groups excluding tert-OH is 1. The van der Waals surface area contributed by atoms with Crippen LogP contribution in [0.1, 0.15) is 22.9 Å². The number of para-hydroxylation sites is 1. The largest absolute Gasteiger partial charge is 0.507 e. The Hall–Kier alpha value is -3.27. The highest BCUT2D eigenvalue weighted by Gasteiger charge is 2.46. The average molecular weight is 551 g/mol. The van der Waals surface area contributed by atoms with Crippen molar-refractivity contribution in [2.75, 3.05) is 39.4 Å². The molecule has 0 bridgehead atoms. The first-order valence-electron chi connectivity index (χ1n) is 11.9. The maximum Gasteiger partial charge on any atom is 0.295 e. The van der Waals surface area contributed by atoms with E-state index in [1.165, 1.54) is 6.20 Å². The van der Waals surface area contributed by atoms with Crippen LogP contribution in [0.3, 0.4) is 0 Å². The van der Waals surface area contributed by atoms with Crippen molar-refractivity contribution in [1.82, 2.24) is 19.6 Å². The maximum atomic E-state index is 13.4. The van der Waals surface area contributed by atoms with E-state index in [4.69, 9.17) is 4.74 Å². The molecule has 1 aromatic heterocycles. The average Bonchev–Trinajstić information content (AvgIpc) is 3.40. The van der Waals surface area contributed by atoms with E-state index in [1.54, 1.807) is 9.58 Å². The van der Waals surface area contributed by atoms with E-state index in [-0.39, 0.29) is 11.3 Å². The number of benzene rings is 2. The molecule has 2 aliphatic heterocycles. The zero-order chi connectivity index (χ0) is 25.2. The molecule has 1 atom stereocenters. The maximum absolute atomic E-state index is 13.4. The fourth-order valence-electron chi connectivity index (χ4n) is 4.82. The molecule has 186 valence electrons. The Balaban J connectivity index is 1.56. The van der Waals surface area contributed by atoms with Crippen LogP contribution in [0.4, 0.5) is 0 Å². The van der Waals surface area contributed by atoms with E-state index in [0.29, 0.717) is 37.6 Å². The van der Waals surface area contributed by atoms with Crippen molar-refractivity contribution in [2.24, 2.45) is 0 Å². The Bertz CT molecular complexity index is 1310. The number of rotatable bonds is 6. The summed E-state index contributed by atoms with van der Waals surface area (Å²) < 4.78 is 7.96. The summed E-state index contributed by atoms with van der Waals surface area (Å²) >= 11 is 3.50. The number of carbonyl (C=O) groups is 2. The van der Waals surface area contributed by atoms with Crippen molar-refractivity contribution in [2.45, 2.75) is 13.0 Å². The van der Waals surface area contributed by atoms with E-state index < -0.39 is 17.7 Å². The van der Waals surface area contributed by atoms with Gasteiger partial charge in [-0.15, -0.1) is 0 Å². The lowest BCUT2D eigenvalue weighted by Gasteiger charge is -2.31. The molecule has 8 nitrogen and oxygen atoms in total. The molecule has 3 aromatic rings. The van der Waals surface area contributed by atoms with Gasteiger partial charge in [0, 0.05) is 30.7 Å². The van der Waals surface area contributed by atoms with Gasteiger partial charge >= 0.3 is 0 Å². The fourth-order valence-corrected chi connectivity index (χ4v) is 5.24. The van der Waals surface area contributed by atoms with Crippen LogP contribution in [-0.4, -0.2) is 75.8 Å². The number of hydrogen-bond acceptors (Lipinski definition) is 6. The number of ether oxygens (including phenoxy) is 1. The van der Waals surface area contributed by atoms with Crippen molar-refractivity contribution >= 4 is 33.4 Å². The second-order valence-corrected chi connectivity index (χ2v) is 9.81. The van der Waals surface area contributed by atoms with Crippen LogP contribution < -0.4 is 0 Å². The van der Waals surface area contributed by atoms with Gasteiger partial charge in [0.2, 0.25) is 0 Å². The van der Waals surface area contributed by atoms with Gasteiger partial charge in [0.1, 0.15) is 5.76 Å². The Morgan fingerprint density at radius 2 is 1.83 bits per heavy atom. The number of aromatic nitrogens is 2. The number of halogens is 1. The van der Waals surface area contributed by atoms with Crippen molar-refractivity contribution in [3.63, 3.8) is 0 Å². The smallest absolute Gasteiger partial charge is 0.295 e. The summed E-state index contributed by atoms with van der Waals surface area (Å²) in [6, 6.07) is 16.3. The van der Waals surface area contributed by atoms with Gasteiger partial charge in [0.25, 0.3) is 11.7 Å². The van der Waals surface area contributed by atoms with Gasteiger partial charge in [-0.1, -0.05) is 46.3 Å². The standard InChI is InChI=1S/C27H27BrN4O4/c1-18-22(17-29-32(18)21-8-3-2-4-9-21)25(33)23-24(19-6-5-7-20(28)16-19)31(27(35)26(23)34)11-10-30-12-14-36-15-13-30/h2-9,16-17,24,33H,10-15H2,1H3/t24-/m1/s1. The molecule has 1 amide bonds. The first kappa shape index (κ1) is 24.4. The predicted octanol–water partition coefficient (Wildman–Crippen LogP) is 3.70. The third-order valence-electron chi connectivity index (χ3n) is 6.73. The second-order valence-electron chi connectivity index (χ2n) is 8.89. The predicted molar refractivity (Wildman–Crippen MR) is 139 cm³/mol. The summed E-state index contributed by atoms with van der Waals surface area (Å²) in [6.45, 7) is 5.67. The highest BCUT2D eigenvalue weighted by Crippen LogP contribution is 2.40. The lowest BCUT2D eigenvalue weighted by molar-refractivity contribution is -0.140. The molecule has 0 radical (unpaired) electrons. The number of carbonyl (C=O) groups excluding carboxylic acids is 2. The topological polar surface area (TPSA) is 87.9 Å². The summed E-state index contributed by atoms with van der Waals surface area (Å²) in [5, 5.41) is 15.9. The minimum absolute atomic E-state index is 0.0794. The first-order chi connectivity index (χ1) is 17.5. The molecule has 36 heavy (non-hydrogen) atoms. The minimum atomic E-state index is -0.706. The quantitative estimate of drug-likeness (QED) is 0.286. The molecule has 0 saturated carbocycles. The van der Waals surface area contributed by atoms with Gasteiger partial charge in [-0.2, -0.15) is 5.10 Å². The van der Waals surface area contributed by atoms with E-state index >= 15 is 0 Å². The van der Waals surface area contributed by atoms with Crippen LogP contribution in [0, 0.1) is 6.92 Å². The summed E-state index contributed by atoms with van der Waals surface area (Å²) in [7, 11) is 0. The van der Waals surface area contributed by atoms with E-state index in [9.17, 15) is 14.7 Å². The Morgan fingerprint density at radius 1 is 1.08 bits per heavy atom. The molecule has 2 fully saturated rings. The van der Waals surface area contributed by atoms with Crippen LogP contribution in [0.15, 0.2) is 70.8 Å². The van der Waals surface area contributed by atoms with Crippen LogP contribution in [-0.2, 0) is 14.3 Å². The number of ketones is 1. The first-order valence-corrected chi connectivity index (χ1v) is 12.7. The van der Waals surface area contributed by atoms with Crippen LogP contribution in [0.2, 0.25) is 0 Å². The highest BCUT2D eigenvalue weighted by molar-refractivity contribution is 9.10. The third kappa shape index (κ3) is 4.61. The lowest BCUT2D eigenvalue weighted by atomic mass is 9.95. The van der Waals surface area contributed by atoms with E-state index in [0.717, 1.165) is 28.8 Å². The molecule has 2 aliphatic rings. The Labute approximate surface area is 217 Å². The van der Waals surface area contributed by atoms with Crippen molar-refractivity contribution in [3.05, 3.63) is 87.7 Å². The molecule has 2 aromatic carbocycles. The van der Waals surface area contributed by atoms with E-state index in [2.05, 4.69) is 25.9 Å².